The number of rotatable bonds is 3. The van der Waals surface area contributed by atoms with E-state index in [1.54, 1.807) is 5.41 Å². The van der Waals surface area contributed by atoms with Crippen LogP contribution in [0, 0.1) is 0 Å². The van der Waals surface area contributed by atoms with Crippen molar-refractivity contribution in [3.05, 3.63) is 41.3 Å². The first kappa shape index (κ1) is 8.33. The molecule has 0 spiro atoms. The minimum atomic E-state index is 0.878. The first-order chi connectivity index (χ1) is 5.43. The van der Waals surface area contributed by atoms with Gasteiger partial charge >= 0.3 is 0 Å². The second-order valence-electron chi connectivity index (χ2n) is 1.88. The van der Waals surface area contributed by atoms with Crippen molar-refractivity contribution in [3.63, 3.8) is 0 Å². The van der Waals surface area contributed by atoms with Gasteiger partial charge in [0, 0.05) is 5.41 Å². The SMILES string of the molecule is OOS/C=C/c1ccccc1. The molecule has 0 fully saturated rings. The molecule has 58 valence electrons. The Morgan fingerprint density at radius 3 is 2.64 bits per heavy atom. The van der Waals surface area contributed by atoms with Gasteiger partial charge in [-0.3, -0.25) is 0 Å². The second kappa shape index (κ2) is 4.96. The molecule has 0 amide bonds. The summed E-state index contributed by atoms with van der Waals surface area (Å²) in [6, 6.07) is 9.78. The molecule has 3 heteroatoms. The maximum absolute atomic E-state index is 7.96. The quantitative estimate of drug-likeness (QED) is 0.427. The van der Waals surface area contributed by atoms with Gasteiger partial charge in [0.15, 0.2) is 0 Å². The third-order valence-electron chi connectivity index (χ3n) is 1.16. The van der Waals surface area contributed by atoms with Crippen LogP contribution < -0.4 is 0 Å². The van der Waals surface area contributed by atoms with E-state index in [2.05, 4.69) is 4.33 Å². The van der Waals surface area contributed by atoms with Gasteiger partial charge in [-0.05, 0) is 11.6 Å². The Kier molecular flexibility index (Phi) is 3.75. The van der Waals surface area contributed by atoms with E-state index in [0.717, 1.165) is 17.6 Å². The van der Waals surface area contributed by atoms with Gasteiger partial charge in [0.1, 0.15) is 0 Å². The van der Waals surface area contributed by atoms with Gasteiger partial charge in [0.2, 0.25) is 0 Å². The largest absolute Gasteiger partial charge is 0.239 e. The van der Waals surface area contributed by atoms with Crippen LogP contribution in [-0.2, 0) is 4.33 Å². The molecule has 0 aliphatic heterocycles. The molecule has 0 aliphatic carbocycles. The summed E-state index contributed by atoms with van der Waals surface area (Å²) in [7, 11) is 0. The van der Waals surface area contributed by atoms with Crippen molar-refractivity contribution >= 4 is 18.1 Å². The molecule has 1 aromatic rings. The predicted octanol–water partition coefficient (Wildman–Crippen LogP) is 2.80. The highest BCUT2D eigenvalue weighted by atomic mass is 32.2. The van der Waals surface area contributed by atoms with Crippen molar-refractivity contribution in [2.75, 3.05) is 0 Å². The fraction of sp³-hybridized carbons (Fsp3) is 0. The highest BCUT2D eigenvalue weighted by molar-refractivity contribution is 7.97. The smallest absolute Gasteiger partial charge is 0.0600 e. The number of hydrogen-bond donors (Lipinski definition) is 1. The molecule has 1 rings (SSSR count). The van der Waals surface area contributed by atoms with Gasteiger partial charge in [-0.15, -0.1) is 0 Å². The third kappa shape index (κ3) is 3.23. The maximum atomic E-state index is 7.96. The maximum Gasteiger partial charge on any atom is 0.0600 e. The Labute approximate surface area is 69.6 Å². The van der Waals surface area contributed by atoms with Crippen LogP contribution in [-0.4, -0.2) is 5.26 Å². The van der Waals surface area contributed by atoms with Gasteiger partial charge in [-0.2, -0.15) is 4.33 Å². The minimum absolute atomic E-state index is 0.878. The van der Waals surface area contributed by atoms with Crippen LogP contribution >= 0.6 is 12.0 Å². The van der Waals surface area contributed by atoms with E-state index in [-0.39, 0.29) is 0 Å². The first-order valence-corrected chi connectivity index (χ1v) is 3.92. The standard InChI is InChI=1S/C8H8O2S/c9-10-11-7-6-8-4-2-1-3-5-8/h1-7,9H/b7-6+. The lowest BCUT2D eigenvalue weighted by Gasteiger charge is -1.88. The van der Waals surface area contributed by atoms with Crippen LogP contribution in [0.2, 0.25) is 0 Å². The Bertz CT molecular complexity index is 221. The second-order valence-corrected chi connectivity index (χ2v) is 2.50. The summed E-state index contributed by atoms with van der Waals surface area (Å²) in [5.74, 6) is 0. The van der Waals surface area contributed by atoms with E-state index in [4.69, 9.17) is 5.26 Å². The molecule has 0 aliphatic rings. The summed E-state index contributed by atoms with van der Waals surface area (Å²) in [6.07, 6.45) is 1.85. The van der Waals surface area contributed by atoms with Crippen molar-refractivity contribution in [3.8, 4) is 0 Å². The Hall–Kier alpha value is -0.770. The zero-order valence-electron chi connectivity index (χ0n) is 5.81. The Balaban J connectivity index is 2.50. The highest BCUT2D eigenvalue weighted by Gasteiger charge is 1.81. The molecular formula is C8H8O2S. The van der Waals surface area contributed by atoms with Crippen LogP contribution in [0.5, 0.6) is 0 Å². The minimum Gasteiger partial charge on any atom is -0.239 e. The van der Waals surface area contributed by atoms with Crippen LogP contribution in [0.15, 0.2) is 35.7 Å². The van der Waals surface area contributed by atoms with Crippen molar-refractivity contribution in [1.82, 2.24) is 0 Å². The van der Waals surface area contributed by atoms with Gasteiger partial charge in [0.25, 0.3) is 0 Å². The molecule has 0 heterocycles. The molecule has 1 aromatic carbocycles. The molecule has 0 saturated heterocycles. The van der Waals surface area contributed by atoms with Crippen LogP contribution in [0.3, 0.4) is 0 Å². The third-order valence-corrected chi connectivity index (χ3v) is 1.49. The lowest BCUT2D eigenvalue weighted by molar-refractivity contribution is -0.115. The van der Waals surface area contributed by atoms with Gasteiger partial charge in [-0.1, -0.05) is 30.3 Å². The van der Waals surface area contributed by atoms with Crippen LogP contribution in [0.25, 0.3) is 6.08 Å². The molecule has 0 saturated carbocycles. The monoisotopic (exact) mass is 168 g/mol. The summed E-state index contributed by atoms with van der Waals surface area (Å²) < 4.78 is 3.79. The molecule has 2 nitrogen and oxygen atoms in total. The summed E-state index contributed by atoms with van der Waals surface area (Å²) in [4.78, 5) is 0. The van der Waals surface area contributed by atoms with E-state index in [9.17, 15) is 0 Å². The summed E-state index contributed by atoms with van der Waals surface area (Å²) in [5, 5.41) is 9.62. The first-order valence-electron chi connectivity index (χ1n) is 3.12. The molecule has 1 N–H and O–H groups in total. The Morgan fingerprint density at radius 2 is 2.00 bits per heavy atom. The zero-order valence-corrected chi connectivity index (χ0v) is 6.62. The lowest BCUT2D eigenvalue weighted by Crippen LogP contribution is -1.67. The molecule has 0 unspecified atom stereocenters. The summed E-state index contributed by atoms with van der Waals surface area (Å²) >= 11 is 0.878. The van der Waals surface area contributed by atoms with E-state index in [1.165, 1.54) is 0 Å². The fourth-order valence-electron chi connectivity index (χ4n) is 0.695. The number of benzene rings is 1. The molecule has 11 heavy (non-hydrogen) atoms. The van der Waals surface area contributed by atoms with Crippen molar-refractivity contribution in [2.24, 2.45) is 0 Å². The van der Waals surface area contributed by atoms with Crippen LogP contribution in [0.1, 0.15) is 5.56 Å². The Morgan fingerprint density at radius 1 is 1.27 bits per heavy atom. The van der Waals surface area contributed by atoms with Crippen molar-refractivity contribution < 1.29 is 9.59 Å². The molecule has 0 aromatic heterocycles. The van der Waals surface area contributed by atoms with E-state index in [0.29, 0.717) is 0 Å². The molecular weight excluding hydrogens is 160 g/mol. The van der Waals surface area contributed by atoms with E-state index in [1.807, 2.05) is 36.4 Å². The average molecular weight is 168 g/mol. The summed E-state index contributed by atoms with van der Waals surface area (Å²) in [5.41, 5.74) is 1.08. The fourth-order valence-corrected chi connectivity index (χ4v) is 0.958. The van der Waals surface area contributed by atoms with Crippen molar-refractivity contribution in [2.45, 2.75) is 0 Å². The predicted molar refractivity (Wildman–Crippen MR) is 46.8 cm³/mol. The molecule has 0 radical (unpaired) electrons. The lowest BCUT2D eigenvalue weighted by atomic mass is 10.2. The normalized spacial score (nSPS) is 10.6. The highest BCUT2D eigenvalue weighted by Crippen LogP contribution is 2.07. The van der Waals surface area contributed by atoms with Gasteiger partial charge in [-0.25, -0.2) is 5.26 Å². The topological polar surface area (TPSA) is 29.5 Å². The van der Waals surface area contributed by atoms with E-state index >= 15 is 0 Å². The zero-order chi connectivity index (χ0) is 7.94. The van der Waals surface area contributed by atoms with Gasteiger partial charge in [0.05, 0.1) is 12.0 Å². The average Bonchev–Trinajstić information content (AvgIpc) is 2.07. The summed E-state index contributed by atoms with van der Waals surface area (Å²) in [6.45, 7) is 0. The van der Waals surface area contributed by atoms with Crippen LogP contribution in [0.4, 0.5) is 0 Å². The van der Waals surface area contributed by atoms with E-state index < -0.39 is 0 Å². The van der Waals surface area contributed by atoms with Gasteiger partial charge < -0.3 is 0 Å². The van der Waals surface area contributed by atoms with Crippen molar-refractivity contribution in [1.29, 1.82) is 0 Å². The molecule has 0 atom stereocenters. The number of hydrogen-bond acceptors (Lipinski definition) is 3. The molecule has 0 bridgehead atoms.